The molecule has 2 spiro atoms. The van der Waals surface area contributed by atoms with Gasteiger partial charge in [0.05, 0.1) is 12.2 Å². The highest BCUT2D eigenvalue weighted by molar-refractivity contribution is 5.96. The van der Waals surface area contributed by atoms with Crippen molar-refractivity contribution < 1.29 is 14.3 Å². The summed E-state index contributed by atoms with van der Waals surface area (Å²) in [5, 5.41) is 0. The number of ketones is 1. The molecule has 47 heavy (non-hydrogen) atoms. The van der Waals surface area contributed by atoms with Gasteiger partial charge >= 0.3 is 0 Å². The van der Waals surface area contributed by atoms with E-state index in [9.17, 15) is 4.79 Å². The van der Waals surface area contributed by atoms with E-state index in [0.717, 1.165) is 42.7 Å². The summed E-state index contributed by atoms with van der Waals surface area (Å²) in [7, 11) is 0. The number of hydrogen-bond donors (Lipinski definition) is 0. The Labute approximate surface area is 292 Å². The van der Waals surface area contributed by atoms with Gasteiger partial charge in [-0.3, -0.25) is 4.79 Å². The van der Waals surface area contributed by atoms with Gasteiger partial charge in [0.15, 0.2) is 0 Å². The Morgan fingerprint density at radius 2 is 0.766 bits per heavy atom. The minimum absolute atomic E-state index is 0.0884. The molecule has 272 valence electrons. The average molecular weight is 655 g/mol. The Morgan fingerprint density at radius 3 is 1.11 bits per heavy atom. The van der Waals surface area contributed by atoms with E-state index < -0.39 is 0 Å². The summed E-state index contributed by atoms with van der Waals surface area (Å²) in [6.07, 6.45) is 42.1. The third kappa shape index (κ3) is 10.8. The topological polar surface area (TPSA) is 35.5 Å². The number of rotatable bonds is 20. The van der Waals surface area contributed by atoms with Crippen LogP contribution >= 0.6 is 0 Å². The highest BCUT2D eigenvalue weighted by Gasteiger charge is 2.63. The van der Waals surface area contributed by atoms with Crippen LogP contribution in [0.15, 0.2) is 0 Å². The summed E-state index contributed by atoms with van der Waals surface area (Å²) >= 11 is 0. The van der Waals surface area contributed by atoms with Crippen molar-refractivity contribution in [3.63, 3.8) is 0 Å². The number of Topliss-reactive ketones (excluding diaryl/α,β-unsaturated/α-hetero) is 1. The van der Waals surface area contributed by atoms with Crippen molar-refractivity contribution in [2.24, 2.45) is 34.5 Å². The molecule has 5 fully saturated rings. The Balaban J connectivity index is 0.903. The van der Waals surface area contributed by atoms with E-state index in [0.29, 0.717) is 12.2 Å². The van der Waals surface area contributed by atoms with E-state index in [2.05, 4.69) is 13.8 Å². The fourth-order valence-electron chi connectivity index (χ4n) is 11.5. The quantitative estimate of drug-likeness (QED) is 0.123. The van der Waals surface area contributed by atoms with Gasteiger partial charge < -0.3 is 9.47 Å². The van der Waals surface area contributed by atoms with Gasteiger partial charge in [-0.05, 0) is 146 Å². The molecule has 0 aromatic heterocycles. The molecule has 0 bridgehead atoms. The number of carbonyl (C=O) groups is 1. The Kier molecular flexibility index (Phi) is 16.0. The normalized spacial score (nSPS) is 36.2. The Bertz CT molecular complexity index is 781. The fourth-order valence-corrected chi connectivity index (χ4v) is 11.5. The van der Waals surface area contributed by atoms with Crippen LogP contribution in [-0.4, -0.2) is 31.2 Å². The summed E-state index contributed by atoms with van der Waals surface area (Å²) in [4.78, 5) is 14.0. The van der Waals surface area contributed by atoms with Crippen LogP contribution in [0, 0.1) is 34.5 Å². The zero-order valence-corrected chi connectivity index (χ0v) is 31.5. The van der Waals surface area contributed by atoms with E-state index in [-0.39, 0.29) is 10.8 Å². The minimum Gasteiger partial charge on any atom is -0.378 e. The maximum Gasteiger partial charge on any atom is 0.145 e. The molecule has 0 heterocycles. The molecule has 0 aromatic rings. The fraction of sp³-hybridized carbons (Fsp3) is 0.977. The molecule has 3 heteroatoms. The van der Waals surface area contributed by atoms with Gasteiger partial charge in [-0.15, -0.1) is 0 Å². The van der Waals surface area contributed by atoms with E-state index in [4.69, 9.17) is 9.47 Å². The number of unbranched alkanes of at least 4 members (excludes halogenated alkanes) is 12. The molecule has 0 aliphatic heterocycles. The van der Waals surface area contributed by atoms with Crippen molar-refractivity contribution in [2.45, 2.75) is 225 Å². The maximum atomic E-state index is 14.0. The van der Waals surface area contributed by atoms with Crippen LogP contribution in [0.3, 0.4) is 0 Å². The van der Waals surface area contributed by atoms with Crippen LogP contribution in [0.5, 0.6) is 0 Å². The lowest BCUT2D eigenvalue weighted by molar-refractivity contribution is -0.170. The highest BCUT2D eigenvalue weighted by Crippen LogP contribution is 2.65. The molecule has 0 amide bonds. The van der Waals surface area contributed by atoms with Crippen LogP contribution in [0.2, 0.25) is 0 Å². The standard InChI is InChI=1S/C44H78O3/c1-3-5-7-9-11-13-15-33-46-40-21-17-36(18-22-40)38-25-29-43(30-26-38)35-44(42(43)45)31-27-39(28-32-44)37-19-23-41(24-20-37)47-34-16-14-12-10-8-6-4-2/h36-41H,3-35H2,1-2H3. The smallest absolute Gasteiger partial charge is 0.145 e. The van der Waals surface area contributed by atoms with Gasteiger partial charge in [0.2, 0.25) is 0 Å². The van der Waals surface area contributed by atoms with Crippen LogP contribution in [0.1, 0.15) is 213 Å². The third-order valence-corrected chi connectivity index (χ3v) is 14.6. The highest BCUT2D eigenvalue weighted by atomic mass is 16.5. The summed E-state index contributed by atoms with van der Waals surface area (Å²) in [5.74, 6) is 4.27. The van der Waals surface area contributed by atoms with Crippen molar-refractivity contribution in [1.82, 2.24) is 0 Å². The van der Waals surface area contributed by atoms with Gasteiger partial charge in [0.1, 0.15) is 5.78 Å². The van der Waals surface area contributed by atoms with E-state index >= 15 is 0 Å². The molecule has 0 atom stereocenters. The molecule has 5 aliphatic carbocycles. The lowest BCUT2D eigenvalue weighted by Gasteiger charge is -2.60. The first-order chi connectivity index (χ1) is 23.1. The van der Waals surface area contributed by atoms with Gasteiger partial charge in [-0.2, -0.15) is 0 Å². The molecule has 0 radical (unpaired) electrons. The predicted molar refractivity (Wildman–Crippen MR) is 198 cm³/mol. The number of hydrogen-bond acceptors (Lipinski definition) is 3. The first-order valence-electron chi connectivity index (χ1n) is 21.9. The number of ether oxygens (including phenoxy) is 2. The van der Waals surface area contributed by atoms with Crippen LogP contribution in [0.25, 0.3) is 0 Å². The largest absolute Gasteiger partial charge is 0.378 e. The predicted octanol–water partition coefficient (Wildman–Crippen LogP) is 13.0. The molecule has 0 aromatic carbocycles. The molecular formula is C44H78O3. The zero-order chi connectivity index (χ0) is 32.8. The Morgan fingerprint density at radius 1 is 0.447 bits per heavy atom. The maximum absolute atomic E-state index is 14.0. The van der Waals surface area contributed by atoms with Gasteiger partial charge in [-0.25, -0.2) is 0 Å². The van der Waals surface area contributed by atoms with Gasteiger partial charge in [0, 0.05) is 24.0 Å². The molecule has 0 unspecified atom stereocenters. The minimum atomic E-state index is 0.0884. The van der Waals surface area contributed by atoms with Gasteiger partial charge in [0.25, 0.3) is 0 Å². The second kappa shape index (κ2) is 19.8. The first kappa shape index (κ1) is 37.8. The van der Waals surface area contributed by atoms with Crippen molar-refractivity contribution in [2.75, 3.05) is 13.2 Å². The lowest BCUT2D eigenvalue weighted by Crippen LogP contribution is -2.60. The van der Waals surface area contributed by atoms with E-state index in [1.165, 1.54) is 199 Å². The average Bonchev–Trinajstić information content (AvgIpc) is 3.11. The molecule has 5 rings (SSSR count). The monoisotopic (exact) mass is 655 g/mol. The van der Waals surface area contributed by atoms with Crippen LogP contribution in [0.4, 0.5) is 0 Å². The molecule has 0 N–H and O–H groups in total. The second-order valence-electron chi connectivity index (χ2n) is 17.8. The van der Waals surface area contributed by atoms with E-state index in [1.54, 1.807) is 0 Å². The van der Waals surface area contributed by atoms with Crippen molar-refractivity contribution in [1.29, 1.82) is 0 Å². The molecule has 5 saturated carbocycles. The summed E-state index contributed by atoms with van der Waals surface area (Å²) < 4.78 is 12.6. The second-order valence-corrected chi connectivity index (χ2v) is 17.8. The SMILES string of the molecule is CCCCCCCCCOC1CCC(C2CCC3(CC2)CC2(CCC(C4CCC(OCCCCCCCCC)CC4)CC2)C3=O)CC1. The van der Waals surface area contributed by atoms with Crippen LogP contribution < -0.4 is 0 Å². The van der Waals surface area contributed by atoms with Gasteiger partial charge in [-0.1, -0.05) is 90.9 Å². The van der Waals surface area contributed by atoms with Crippen LogP contribution in [-0.2, 0) is 14.3 Å². The molecular weight excluding hydrogens is 576 g/mol. The molecule has 0 saturated heterocycles. The zero-order valence-electron chi connectivity index (χ0n) is 31.5. The van der Waals surface area contributed by atoms with Crippen molar-refractivity contribution in [3.05, 3.63) is 0 Å². The summed E-state index contributed by atoms with van der Waals surface area (Å²) in [6, 6.07) is 0. The summed E-state index contributed by atoms with van der Waals surface area (Å²) in [6.45, 7) is 6.55. The molecule has 5 aliphatic rings. The Hall–Kier alpha value is -0.410. The third-order valence-electron chi connectivity index (χ3n) is 14.6. The first-order valence-corrected chi connectivity index (χ1v) is 21.9. The van der Waals surface area contributed by atoms with Crippen molar-refractivity contribution >= 4 is 5.78 Å². The van der Waals surface area contributed by atoms with Crippen molar-refractivity contribution in [3.8, 4) is 0 Å². The number of carbonyl (C=O) groups excluding carboxylic acids is 1. The summed E-state index contributed by atoms with van der Waals surface area (Å²) in [5.41, 5.74) is 0.177. The lowest BCUT2D eigenvalue weighted by atomic mass is 9.42. The molecule has 3 nitrogen and oxygen atoms in total. The van der Waals surface area contributed by atoms with E-state index in [1.807, 2.05) is 0 Å².